The van der Waals surface area contributed by atoms with Gasteiger partial charge in [0.15, 0.2) is 0 Å². The van der Waals surface area contributed by atoms with E-state index in [1.54, 1.807) is 7.11 Å². The monoisotopic (exact) mass is 125 g/mol. The van der Waals surface area contributed by atoms with Gasteiger partial charge in [-0.1, -0.05) is 6.08 Å². The van der Waals surface area contributed by atoms with Gasteiger partial charge in [-0.3, -0.25) is 4.99 Å². The van der Waals surface area contributed by atoms with Crippen LogP contribution in [0.15, 0.2) is 17.1 Å². The lowest BCUT2D eigenvalue weighted by Crippen LogP contribution is -2.15. The predicted octanol–water partition coefficient (Wildman–Crippen LogP) is 1.03. The Kier molecular flexibility index (Phi) is 2.01. The molecule has 1 unspecified atom stereocenters. The summed E-state index contributed by atoms with van der Waals surface area (Å²) in [5.74, 6) is 0. The summed E-state index contributed by atoms with van der Waals surface area (Å²) in [7, 11) is 1.70. The zero-order valence-electron chi connectivity index (χ0n) is 5.79. The molecule has 50 valence electrons. The lowest BCUT2D eigenvalue weighted by atomic mass is 10.2. The normalized spacial score (nSPS) is 26.0. The van der Waals surface area contributed by atoms with Crippen molar-refractivity contribution >= 4 is 5.71 Å². The van der Waals surface area contributed by atoms with E-state index in [1.165, 1.54) is 0 Å². The van der Waals surface area contributed by atoms with E-state index in [-0.39, 0.29) is 6.10 Å². The number of hydrogen-bond acceptors (Lipinski definition) is 2. The third-order valence-electron chi connectivity index (χ3n) is 1.38. The maximum atomic E-state index is 5.05. The summed E-state index contributed by atoms with van der Waals surface area (Å²) in [5, 5.41) is 0. The number of rotatable bonds is 1. The molecule has 0 spiro atoms. The second kappa shape index (κ2) is 2.78. The van der Waals surface area contributed by atoms with Gasteiger partial charge in [0, 0.05) is 12.8 Å². The quantitative estimate of drug-likeness (QED) is 0.513. The van der Waals surface area contributed by atoms with Gasteiger partial charge in [-0.05, 0) is 13.0 Å². The largest absolute Gasteiger partial charge is 0.375 e. The molecule has 2 heteroatoms. The molecule has 0 aromatic rings. The fraction of sp³-hybridized carbons (Fsp3) is 0.571. The second-order valence-electron chi connectivity index (χ2n) is 2.12. The molecule has 1 heterocycles. The molecule has 0 fully saturated rings. The first-order chi connectivity index (χ1) is 4.33. The Morgan fingerprint density at radius 2 is 2.56 bits per heavy atom. The number of hydrogen-bond donors (Lipinski definition) is 0. The van der Waals surface area contributed by atoms with Gasteiger partial charge in [0.25, 0.3) is 0 Å². The summed E-state index contributed by atoms with van der Waals surface area (Å²) in [6.45, 7) is 2.77. The van der Waals surface area contributed by atoms with E-state index >= 15 is 0 Å². The van der Waals surface area contributed by atoms with E-state index in [0.29, 0.717) is 0 Å². The van der Waals surface area contributed by atoms with Crippen molar-refractivity contribution in [2.45, 2.75) is 13.0 Å². The standard InChI is InChI=1S/C7H11NO/c1-6-3-4-7(9-2)5-8-6/h3-4,7H,5H2,1-2H3. The van der Waals surface area contributed by atoms with Crippen molar-refractivity contribution in [1.29, 1.82) is 0 Å². The number of dihydropyridines is 1. The minimum Gasteiger partial charge on any atom is -0.375 e. The molecular weight excluding hydrogens is 114 g/mol. The van der Waals surface area contributed by atoms with E-state index in [1.807, 2.05) is 19.1 Å². The van der Waals surface area contributed by atoms with E-state index in [9.17, 15) is 0 Å². The van der Waals surface area contributed by atoms with Crippen molar-refractivity contribution in [3.63, 3.8) is 0 Å². The van der Waals surface area contributed by atoms with Crippen LogP contribution in [0.2, 0.25) is 0 Å². The van der Waals surface area contributed by atoms with E-state index in [4.69, 9.17) is 4.74 Å². The molecule has 1 atom stereocenters. The van der Waals surface area contributed by atoms with Crippen LogP contribution >= 0.6 is 0 Å². The molecule has 0 amide bonds. The van der Waals surface area contributed by atoms with Gasteiger partial charge in [-0.25, -0.2) is 0 Å². The number of methoxy groups -OCH3 is 1. The lowest BCUT2D eigenvalue weighted by Gasteiger charge is -2.11. The number of ether oxygens (including phenoxy) is 1. The van der Waals surface area contributed by atoms with Gasteiger partial charge in [-0.15, -0.1) is 0 Å². The maximum absolute atomic E-state index is 5.05. The summed E-state index contributed by atoms with van der Waals surface area (Å²) in [6.07, 6.45) is 4.22. The Hall–Kier alpha value is -0.630. The predicted molar refractivity (Wildman–Crippen MR) is 37.9 cm³/mol. The Balaban J connectivity index is 2.48. The van der Waals surface area contributed by atoms with Crippen LogP contribution in [0.5, 0.6) is 0 Å². The average Bonchev–Trinajstić information content (AvgIpc) is 1.90. The van der Waals surface area contributed by atoms with Crippen LogP contribution in [0, 0.1) is 0 Å². The van der Waals surface area contributed by atoms with E-state index < -0.39 is 0 Å². The molecule has 0 aromatic carbocycles. The van der Waals surface area contributed by atoms with Crippen molar-refractivity contribution in [3.8, 4) is 0 Å². The highest BCUT2D eigenvalue weighted by molar-refractivity contribution is 5.93. The molecule has 0 saturated carbocycles. The molecule has 0 radical (unpaired) electrons. The smallest absolute Gasteiger partial charge is 0.0950 e. The summed E-state index contributed by atoms with van der Waals surface area (Å²) in [5.41, 5.74) is 1.09. The molecule has 0 N–H and O–H groups in total. The van der Waals surface area contributed by atoms with Crippen molar-refractivity contribution in [3.05, 3.63) is 12.2 Å². The maximum Gasteiger partial charge on any atom is 0.0950 e. The first kappa shape index (κ1) is 6.49. The zero-order valence-corrected chi connectivity index (χ0v) is 5.79. The van der Waals surface area contributed by atoms with Crippen LogP contribution in [-0.4, -0.2) is 25.5 Å². The molecular formula is C7H11NO. The zero-order chi connectivity index (χ0) is 6.69. The Bertz CT molecular complexity index is 149. The van der Waals surface area contributed by atoms with Crippen LogP contribution in [-0.2, 0) is 4.74 Å². The summed E-state index contributed by atoms with van der Waals surface area (Å²) >= 11 is 0. The van der Waals surface area contributed by atoms with Crippen molar-refractivity contribution < 1.29 is 4.74 Å². The summed E-state index contributed by atoms with van der Waals surface area (Å²) in [4.78, 5) is 4.19. The number of allylic oxidation sites excluding steroid dienone is 1. The highest BCUT2D eigenvalue weighted by Crippen LogP contribution is 2.00. The van der Waals surface area contributed by atoms with Crippen LogP contribution in [0.1, 0.15) is 6.92 Å². The molecule has 9 heavy (non-hydrogen) atoms. The first-order valence-corrected chi connectivity index (χ1v) is 3.05. The topological polar surface area (TPSA) is 21.6 Å². The third-order valence-corrected chi connectivity index (χ3v) is 1.38. The van der Waals surface area contributed by atoms with Crippen LogP contribution in [0.4, 0.5) is 0 Å². The molecule has 1 aliphatic heterocycles. The van der Waals surface area contributed by atoms with Crippen LogP contribution in [0.25, 0.3) is 0 Å². The van der Waals surface area contributed by atoms with Crippen molar-refractivity contribution in [2.24, 2.45) is 4.99 Å². The van der Waals surface area contributed by atoms with Crippen molar-refractivity contribution in [1.82, 2.24) is 0 Å². The van der Waals surface area contributed by atoms with Gasteiger partial charge in [0.1, 0.15) is 0 Å². The highest BCUT2D eigenvalue weighted by Gasteiger charge is 2.04. The number of aliphatic imine (C=N–C) groups is 1. The van der Waals surface area contributed by atoms with E-state index in [0.717, 1.165) is 12.3 Å². The minimum atomic E-state index is 0.202. The van der Waals surface area contributed by atoms with E-state index in [2.05, 4.69) is 4.99 Å². The summed E-state index contributed by atoms with van der Waals surface area (Å²) < 4.78 is 5.05. The molecule has 0 aromatic heterocycles. The van der Waals surface area contributed by atoms with Gasteiger partial charge >= 0.3 is 0 Å². The Labute approximate surface area is 55.2 Å². The first-order valence-electron chi connectivity index (χ1n) is 3.05. The van der Waals surface area contributed by atoms with Crippen LogP contribution in [0.3, 0.4) is 0 Å². The summed E-state index contributed by atoms with van der Waals surface area (Å²) in [6, 6.07) is 0. The molecule has 1 rings (SSSR count). The fourth-order valence-electron chi connectivity index (χ4n) is 0.747. The second-order valence-corrected chi connectivity index (χ2v) is 2.12. The number of nitrogens with zero attached hydrogens (tertiary/aromatic N) is 1. The SMILES string of the molecule is COC1C=CC(C)=NC1. The molecule has 2 nitrogen and oxygen atoms in total. The lowest BCUT2D eigenvalue weighted by molar-refractivity contribution is 0.147. The molecule has 0 aliphatic carbocycles. The Morgan fingerprint density at radius 1 is 1.78 bits per heavy atom. The molecule has 0 saturated heterocycles. The Morgan fingerprint density at radius 3 is 3.00 bits per heavy atom. The highest BCUT2D eigenvalue weighted by atomic mass is 16.5. The average molecular weight is 125 g/mol. The molecule has 1 aliphatic rings. The van der Waals surface area contributed by atoms with Gasteiger partial charge in [0.2, 0.25) is 0 Å². The van der Waals surface area contributed by atoms with Gasteiger partial charge < -0.3 is 4.74 Å². The van der Waals surface area contributed by atoms with Crippen LogP contribution < -0.4 is 0 Å². The third kappa shape index (κ3) is 1.64. The molecule has 0 bridgehead atoms. The minimum absolute atomic E-state index is 0.202. The van der Waals surface area contributed by atoms with Crippen molar-refractivity contribution in [2.75, 3.05) is 13.7 Å². The van der Waals surface area contributed by atoms with Gasteiger partial charge in [-0.2, -0.15) is 0 Å². The fourth-order valence-corrected chi connectivity index (χ4v) is 0.747. The van der Waals surface area contributed by atoms with Gasteiger partial charge in [0.05, 0.1) is 12.6 Å².